The Morgan fingerprint density at radius 1 is 1.33 bits per heavy atom. The van der Waals surface area contributed by atoms with E-state index >= 15 is 0 Å². The first-order valence-corrected chi connectivity index (χ1v) is 9.73. The summed E-state index contributed by atoms with van der Waals surface area (Å²) in [4.78, 5) is 10.4. The first-order valence-electron chi connectivity index (χ1n) is 9.73. The molecule has 1 fully saturated rings. The molecule has 1 aromatic heterocycles. The Balaban J connectivity index is 0.00000261. The Kier molecular flexibility index (Phi) is 8.82. The smallest absolute Gasteiger partial charge is 0.191 e. The number of fused-ring (bicyclic) bond motifs is 1. The van der Waals surface area contributed by atoms with Crippen LogP contribution in [0.25, 0.3) is 10.9 Å². The first kappa shape index (κ1) is 21.9. The number of hydrogen-bond donors (Lipinski definition) is 3. The lowest BCUT2D eigenvalue weighted by Crippen LogP contribution is -2.40. The summed E-state index contributed by atoms with van der Waals surface area (Å²) in [7, 11) is 0. The largest absolute Gasteiger partial charge is 0.361 e. The zero-order valence-electron chi connectivity index (χ0n) is 16.2. The molecule has 1 atom stereocenters. The number of nitrogens with one attached hydrogen (secondary N) is 3. The Labute approximate surface area is 178 Å². The van der Waals surface area contributed by atoms with Crippen LogP contribution in [0.2, 0.25) is 0 Å². The fourth-order valence-electron chi connectivity index (χ4n) is 3.74. The summed E-state index contributed by atoms with van der Waals surface area (Å²) in [5, 5.41) is 7.83. The number of aromatic amines is 1. The van der Waals surface area contributed by atoms with Crippen LogP contribution in [0.1, 0.15) is 32.3 Å². The minimum absolute atomic E-state index is 0. The second kappa shape index (κ2) is 10.8. The third-order valence-corrected chi connectivity index (χ3v) is 5.13. The minimum Gasteiger partial charge on any atom is -0.361 e. The van der Waals surface area contributed by atoms with Gasteiger partial charge in [0.05, 0.1) is 6.54 Å². The highest BCUT2D eigenvalue weighted by atomic mass is 127. The van der Waals surface area contributed by atoms with Crippen molar-refractivity contribution in [2.75, 3.05) is 32.7 Å². The van der Waals surface area contributed by atoms with Gasteiger partial charge in [0.15, 0.2) is 5.96 Å². The lowest BCUT2D eigenvalue weighted by atomic mass is 10.1. The summed E-state index contributed by atoms with van der Waals surface area (Å²) in [6.07, 6.45) is 5.34. The summed E-state index contributed by atoms with van der Waals surface area (Å²) in [5.41, 5.74) is 2.04. The monoisotopic (exact) mass is 487 g/mol. The summed E-state index contributed by atoms with van der Waals surface area (Å²) < 4.78 is 13.3. The molecule has 1 aliphatic heterocycles. The molecule has 1 aliphatic rings. The number of rotatable bonds is 7. The van der Waals surface area contributed by atoms with Gasteiger partial charge in [0.25, 0.3) is 0 Å². The van der Waals surface area contributed by atoms with Crippen molar-refractivity contribution in [1.29, 1.82) is 0 Å². The number of hydrogen-bond acceptors (Lipinski definition) is 2. The van der Waals surface area contributed by atoms with Crippen LogP contribution in [0.5, 0.6) is 0 Å². The Morgan fingerprint density at radius 2 is 2.19 bits per heavy atom. The molecular formula is C20H31FIN5. The predicted octanol–water partition coefficient (Wildman–Crippen LogP) is 3.51. The van der Waals surface area contributed by atoms with E-state index in [1.54, 1.807) is 6.07 Å². The molecule has 3 rings (SSSR count). The highest BCUT2D eigenvalue weighted by molar-refractivity contribution is 14.0. The standard InChI is InChI=1S/C20H30FN5.HI/c1-3-22-20(25-14-17-6-5-11-26(17)4-2)23-10-9-15-13-24-19-12-16(21)7-8-18(15)19;/h7-8,12-13,17,24H,3-6,9-11,14H2,1-2H3,(H2,22,23,25);1H. The second-order valence-corrected chi connectivity index (χ2v) is 6.82. The van der Waals surface area contributed by atoms with Crippen LogP contribution in [0.4, 0.5) is 4.39 Å². The Bertz CT molecular complexity index is 745. The molecule has 0 bridgehead atoms. The van der Waals surface area contributed by atoms with E-state index in [0.717, 1.165) is 49.5 Å². The van der Waals surface area contributed by atoms with Crippen LogP contribution < -0.4 is 10.6 Å². The zero-order chi connectivity index (χ0) is 18.4. The van der Waals surface area contributed by atoms with Gasteiger partial charge in [0.1, 0.15) is 5.82 Å². The van der Waals surface area contributed by atoms with E-state index in [1.165, 1.54) is 31.0 Å². The number of halogens is 2. The van der Waals surface area contributed by atoms with E-state index in [2.05, 4.69) is 34.4 Å². The molecule has 0 aliphatic carbocycles. The van der Waals surface area contributed by atoms with Gasteiger partial charge in [-0.3, -0.25) is 9.89 Å². The van der Waals surface area contributed by atoms with Gasteiger partial charge < -0.3 is 15.6 Å². The van der Waals surface area contributed by atoms with Gasteiger partial charge in [-0.15, -0.1) is 24.0 Å². The van der Waals surface area contributed by atoms with Crippen LogP contribution in [0.3, 0.4) is 0 Å². The third-order valence-electron chi connectivity index (χ3n) is 5.13. The predicted molar refractivity (Wildman–Crippen MR) is 122 cm³/mol. The molecule has 27 heavy (non-hydrogen) atoms. The van der Waals surface area contributed by atoms with Gasteiger partial charge in [0.2, 0.25) is 0 Å². The van der Waals surface area contributed by atoms with Crippen molar-refractivity contribution in [3.63, 3.8) is 0 Å². The number of likely N-dealkylation sites (N-methyl/N-ethyl adjacent to an activating group) is 1. The normalized spacial score (nSPS) is 17.9. The quantitative estimate of drug-likeness (QED) is 0.319. The van der Waals surface area contributed by atoms with Gasteiger partial charge in [-0.1, -0.05) is 6.92 Å². The molecule has 0 radical (unpaired) electrons. The maximum absolute atomic E-state index is 13.3. The number of guanidine groups is 1. The fourth-order valence-corrected chi connectivity index (χ4v) is 3.74. The second-order valence-electron chi connectivity index (χ2n) is 6.82. The van der Waals surface area contributed by atoms with Crippen LogP contribution in [-0.2, 0) is 6.42 Å². The van der Waals surface area contributed by atoms with Crippen molar-refractivity contribution in [3.05, 3.63) is 35.8 Å². The molecule has 150 valence electrons. The first-order chi connectivity index (χ1) is 12.7. The van der Waals surface area contributed by atoms with Gasteiger partial charge >= 0.3 is 0 Å². The summed E-state index contributed by atoms with van der Waals surface area (Å²) in [6, 6.07) is 5.47. The van der Waals surface area contributed by atoms with Crippen LogP contribution in [0, 0.1) is 5.82 Å². The topological polar surface area (TPSA) is 55.5 Å². The van der Waals surface area contributed by atoms with E-state index in [4.69, 9.17) is 4.99 Å². The highest BCUT2D eigenvalue weighted by Gasteiger charge is 2.22. The molecule has 7 heteroatoms. The molecule has 2 aromatic rings. The van der Waals surface area contributed by atoms with E-state index < -0.39 is 0 Å². The van der Waals surface area contributed by atoms with E-state index in [1.807, 2.05) is 12.3 Å². The molecule has 0 spiro atoms. The number of nitrogens with zero attached hydrogens (tertiary/aromatic N) is 2. The van der Waals surface area contributed by atoms with Crippen molar-refractivity contribution >= 4 is 40.8 Å². The Hall–Kier alpha value is -1.35. The van der Waals surface area contributed by atoms with Crippen molar-refractivity contribution in [2.45, 2.75) is 39.2 Å². The van der Waals surface area contributed by atoms with Crippen molar-refractivity contribution in [1.82, 2.24) is 20.5 Å². The lowest BCUT2D eigenvalue weighted by Gasteiger charge is -2.21. The van der Waals surface area contributed by atoms with Gasteiger partial charge in [0, 0.05) is 36.2 Å². The number of aromatic nitrogens is 1. The highest BCUT2D eigenvalue weighted by Crippen LogP contribution is 2.19. The van der Waals surface area contributed by atoms with Crippen LogP contribution >= 0.6 is 24.0 Å². The molecular weight excluding hydrogens is 456 g/mol. The summed E-state index contributed by atoms with van der Waals surface area (Å²) in [5.74, 6) is 0.667. The molecule has 3 N–H and O–H groups in total. The molecule has 1 saturated heterocycles. The number of aliphatic imine (C=N–C) groups is 1. The Morgan fingerprint density at radius 3 is 2.96 bits per heavy atom. The maximum Gasteiger partial charge on any atom is 0.191 e. The summed E-state index contributed by atoms with van der Waals surface area (Å²) in [6.45, 7) is 9.08. The number of likely N-dealkylation sites (tertiary alicyclic amines) is 1. The average molecular weight is 487 g/mol. The van der Waals surface area contributed by atoms with Crippen molar-refractivity contribution in [2.24, 2.45) is 4.99 Å². The molecule has 1 aromatic carbocycles. The summed E-state index contributed by atoms with van der Waals surface area (Å²) >= 11 is 0. The van der Waals surface area contributed by atoms with Gasteiger partial charge in [-0.05, 0) is 63.0 Å². The SMILES string of the molecule is CCNC(=NCC1CCCN1CC)NCCc1c[nH]c2cc(F)ccc12.I. The molecule has 5 nitrogen and oxygen atoms in total. The molecule has 0 saturated carbocycles. The third kappa shape index (κ3) is 5.81. The molecule has 0 amide bonds. The zero-order valence-corrected chi connectivity index (χ0v) is 18.6. The average Bonchev–Trinajstić information content (AvgIpc) is 3.25. The number of benzene rings is 1. The van der Waals surface area contributed by atoms with Gasteiger partial charge in [-0.2, -0.15) is 0 Å². The molecule has 1 unspecified atom stereocenters. The lowest BCUT2D eigenvalue weighted by molar-refractivity contribution is 0.273. The van der Waals surface area contributed by atoms with E-state index in [9.17, 15) is 4.39 Å². The fraction of sp³-hybridized carbons (Fsp3) is 0.550. The van der Waals surface area contributed by atoms with Crippen LogP contribution in [0.15, 0.2) is 29.4 Å². The van der Waals surface area contributed by atoms with E-state index in [-0.39, 0.29) is 29.8 Å². The van der Waals surface area contributed by atoms with Crippen molar-refractivity contribution in [3.8, 4) is 0 Å². The van der Waals surface area contributed by atoms with Crippen molar-refractivity contribution < 1.29 is 4.39 Å². The van der Waals surface area contributed by atoms with E-state index in [0.29, 0.717) is 6.04 Å². The minimum atomic E-state index is -0.210. The number of H-pyrrole nitrogens is 1. The molecule has 2 heterocycles. The maximum atomic E-state index is 13.3. The van der Waals surface area contributed by atoms with Gasteiger partial charge in [-0.25, -0.2) is 4.39 Å². The van der Waals surface area contributed by atoms with Crippen LogP contribution in [-0.4, -0.2) is 54.6 Å².